The molecule has 1 aromatic carbocycles. The van der Waals surface area contributed by atoms with E-state index < -0.39 is 0 Å². The number of methoxy groups -OCH3 is 1. The molecule has 1 aromatic rings. The Morgan fingerprint density at radius 2 is 2.26 bits per heavy atom. The van der Waals surface area contributed by atoms with Crippen LogP contribution in [0.15, 0.2) is 12.1 Å². The van der Waals surface area contributed by atoms with E-state index in [1.165, 1.54) is 26.4 Å². The molecule has 128 valence electrons. The van der Waals surface area contributed by atoms with Crippen LogP contribution in [0.1, 0.15) is 43.0 Å². The fraction of sp³-hybridized carbons (Fsp3) is 0.588. The fourth-order valence-corrected chi connectivity index (χ4v) is 3.30. The monoisotopic (exact) mass is 339 g/mol. The van der Waals surface area contributed by atoms with Crippen LogP contribution in [0.4, 0.5) is 5.69 Å². The normalized spacial score (nSPS) is 18.7. The molecule has 0 aromatic heterocycles. The average Bonchev–Trinajstić information content (AvgIpc) is 2.57. The maximum absolute atomic E-state index is 12.4. The number of halogens is 1. The van der Waals surface area contributed by atoms with Gasteiger partial charge in [0.1, 0.15) is 5.75 Å². The first-order valence-electron chi connectivity index (χ1n) is 8.22. The molecule has 0 spiro atoms. The first-order valence-corrected chi connectivity index (χ1v) is 8.59. The van der Waals surface area contributed by atoms with Crippen LogP contribution in [0.3, 0.4) is 0 Å². The number of carbonyl (C=O) groups excluding carboxylic acids is 1. The number of amides is 1. The summed E-state index contributed by atoms with van der Waals surface area (Å²) in [4.78, 5) is 14.8. The molecular weight excluding hydrogens is 314 g/mol. The standard InChI is InChI=1S/C17H26ClN3O2/c1-3-12-6-4-5-8-21(12)9-7-20-17(22)13-10-14(18)15(19)11-16(13)23-2/h10-12H,3-9,19H2,1-2H3,(H,20,22). The van der Waals surface area contributed by atoms with Crippen LogP contribution in [0.5, 0.6) is 5.75 Å². The molecular formula is C17H26ClN3O2. The molecule has 0 bridgehead atoms. The maximum atomic E-state index is 12.4. The highest BCUT2D eigenvalue weighted by Crippen LogP contribution is 2.28. The Bertz CT molecular complexity index is 551. The van der Waals surface area contributed by atoms with Crippen molar-refractivity contribution in [3.63, 3.8) is 0 Å². The maximum Gasteiger partial charge on any atom is 0.255 e. The van der Waals surface area contributed by atoms with Gasteiger partial charge >= 0.3 is 0 Å². The number of hydrogen-bond donors (Lipinski definition) is 2. The molecule has 3 N–H and O–H groups in total. The zero-order chi connectivity index (χ0) is 16.8. The van der Waals surface area contributed by atoms with Crippen molar-refractivity contribution in [2.24, 2.45) is 0 Å². The summed E-state index contributed by atoms with van der Waals surface area (Å²) in [5.74, 6) is 0.252. The lowest BCUT2D eigenvalue weighted by molar-refractivity contribution is 0.0931. The van der Waals surface area contributed by atoms with Gasteiger partial charge in [0.2, 0.25) is 0 Å². The van der Waals surface area contributed by atoms with Crippen molar-refractivity contribution in [2.45, 2.75) is 38.6 Å². The SMILES string of the molecule is CCC1CCCCN1CCNC(=O)c1cc(Cl)c(N)cc1OC. The molecule has 2 rings (SSSR count). The van der Waals surface area contributed by atoms with Crippen LogP contribution < -0.4 is 15.8 Å². The fourth-order valence-electron chi connectivity index (χ4n) is 3.14. The lowest BCUT2D eigenvalue weighted by Gasteiger charge is -2.35. The van der Waals surface area contributed by atoms with Crippen LogP contribution in [-0.2, 0) is 0 Å². The summed E-state index contributed by atoms with van der Waals surface area (Å²) in [5, 5.41) is 3.31. The molecule has 1 heterocycles. The zero-order valence-corrected chi connectivity index (χ0v) is 14.7. The van der Waals surface area contributed by atoms with Crippen LogP contribution >= 0.6 is 11.6 Å². The van der Waals surface area contributed by atoms with Crippen LogP contribution in [0, 0.1) is 0 Å². The molecule has 0 radical (unpaired) electrons. The van der Waals surface area contributed by atoms with Gasteiger partial charge in [-0.15, -0.1) is 0 Å². The quantitative estimate of drug-likeness (QED) is 0.782. The van der Waals surface area contributed by atoms with Crippen molar-refractivity contribution >= 4 is 23.2 Å². The number of anilines is 1. The van der Waals surface area contributed by atoms with Gasteiger partial charge in [-0.2, -0.15) is 0 Å². The Labute approximate surface area is 143 Å². The Kier molecular flexibility index (Phi) is 6.54. The first kappa shape index (κ1) is 17.9. The number of piperidine rings is 1. The molecule has 1 aliphatic rings. The number of nitrogens with zero attached hydrogens (tertiary/aromatic N) is 1. The Morgan fingerprint density at radius 3 is 2.96 bits per heavy atom. The molecule has 23 heavy (non-hydrogen) atoms. The highest BCUT2D eigenvalue weighted by atomic mass is 35.5. The van der Waals surface area contributed by atoms with E-state index in [0.29, 0.717) is 34.6 Å². The third-order valence-electron chi connectivity index (χ3n) is 4.47. The van der Waals surface area contributed by atoms with Crippen molar-refractivity contribution in [2.75, 3.05) is 32.5 Å². The molecule has 0 aliphatic carbocycles. The minimum absolute atomic E-state index is 0.186. The van der Waals surface area contributed by atoms with E-state index in [1.807, 2.05) is 0 Å². The third-order valence-corrected chi connectivity index (χ3v) is 4.80. The zero-order valence-electron chi connectivity index (χ0n) is 13.9. The van der Waals surface area contributed by atoms with E-state index in [1.54, 1.807) is 12.1 Å². The molecule has 1 aliphatic heterocycles. The van der Waals surface area contributed by atoms with E-state index in [2.05, 4.69) is 17.1 Å². The molecule has 6 heteroatoms. The summed E-state index contributed by atoms with van der Waals surface area (Å²) in [6.07, 6.45) is 4.97. The van der Waals surface area contributed by atoms with Gasteiger partial charge in [0.15, 0.2) is 0 Å². The Balaban J connectivity index is 1.93. The van der Waals surface area contributed by atoms with Crippen molar-refractivity contribution in [3.05, 3.63) is 22.7 Å². The van der Waals surface area contributed by atoms with E-state index in [-0.39, 0.29) is 5.91 Å². The van der Waals surface area contributed by atoms with Crippen molar-refractivity contribution in [1.29, 1.82) is 0 Å². The number of hydrogen-bond acceptors (Lipinski definition) is 4. The number of nitrogen functional groups attached to an aromatic ring is 1. The minimum Gasteiger partial charge on any atom is -0.496 e. The first-order chi connectivity index (χ1) is 11.1. The number of benzene rings is 1. The van der Waals surface area contributed by atoms with E-state index in [0.717, 1.165) is 19.5 Å². The second kappa shape index (κ2) is 8.41. The van der Waals surface area contributed by atoms with Gasteiger partial charge in [0, 0.05) is 25.2 Å². The molecule has 5 nitrogen and oxygen atoms in total. The summed E-state index contributed by atoms with van der Waals surface area (Å²) >= 11 is 6.01. The average molecular weight is 340 g/mol. The summed E-state index contributed by atoms with van der Waals surface area (Å²) in [5.41, 5.74) is 6.56. The number of ether oxygens (including phenoxy) is 1. The molecule has 1 unspecified atom stereocenters. The van der Waals surface area contributed by atoms with Crippen molar-refractivity contribution < 1.29 is 9.53 Å². The Morgan fingerprint density at radius 1 is 1.48 bits per heavy atom. The van der Waals surface area contributed by atoms with Gasteiger partial charge in [0.25, 0.3) is 5.91 Å². The van der Waals surface area contributed by atoms with Gasteiger partial charge in [-0.05, 0) is 31.9 Å². The number of rotatable bonds is 6. The van der Waals surface area contributed by atoms with Gasteiger partial charge < -0.3 is 15.8 Å². The number of nitrogens with two attached hydrogens (primary N) is 1. The smallest absolute Gasteiger partial charge is 0.255 e. The number of carbonyl (C=O) groups is 1. The summed E-state index contributed by atoms with van der Waals surface area (Å²) in [6.45, 7) is 4.82. The molecule has 1 saturated heterocycles. The molecule has 1 amide bonds. The van der Waals surface area contributed by atoms with Gasteiger partial charge in [0.05, 0.1) is 23.4 Å². The van der Waals surface area contributed by atoms with E-state index >= 15 is 0 Å². The van der Waals surface area contributed by atoms with E-state index in [9.17, 15) is 4.79 Å². The van der Waals surface area contributed by atoms with Crippen molar-refractivity contribution in [1.82, 2.24) is 10.2 Å². The second-order valence-corrected chi connectivity index (χ2v) is 6.33. The summed E-state index contributed by atoms with van der Waals surface area (Å²) in [7, 11) is 1.51. The number of nitrogens with one attached hydrogen (secondary N) is 1. The summed E-state index contributed by atoms with van der Waals surface area (Å²) in [6, 6.07) is 3.77. The predicted octanol–water partition coefficient (Wildman–Crippen LogP) is 2.93. The van der Waals surface area contributed by atoms with Crippen LogP contribution in [0.25, 0.3) is 0 Å². The van der Waals surface area contributed by atoms with Crippen molar-refractivity contribution in [3.8, 4) is 5.75 Å². The lowest BCUT2D eigenvalue weighted by Crippen LogP contribution is -2.43. The van der Waals surface area contributed by atoms with Gasteiger partial charge in [-0.25, -0.2) is 0 Å². The minimum atomic E-state index is -0.186. The largest absolute Gasteiger partial charge is 0.496 e. The topological polar surface area (TPSA) is 67.6 Å². The number of likely N-dealkylation sites (tertiary alicyclic amines) is 1. The van der Waals surface area contributed by atoms with Gasteiger partial charge in [-0.3, -0.25) is 9.69 Å². The van der Waals surface area contributed by atoms with E-state index in [4.69, 9.17) is 22.1 Å². The summed E-state index contributed by atoms with van der Waals surface area (Å²) < 4.78 is 5.22. The second-order valence-electron chi connectivity index (χ2n) is 5.92. The van der Waals surface area contributed by atoms with Gasteiger partial charge in [-0.1, -0.05) is 24.9 Å². The van der Waals surface area contributed by atoms with Crippen LogP contribution in [-0.4, -0.2) is 43.6 Å². The molecule has 0 saturated carbocycles. The highest BCUT2D eigenvalue weighted by molar-refractivity contribution is 6.33. The Hall–Kier alpha value is -1.46. The van der Waals surface area contributed by atoms with Crippen LogP contribution in [0.2, 0.25) is 5.02 Å². The molecule has 1 atom stereocenters. The predicted molar refractivity (Wildman–Crippen MR) is 94.3 cm³/mol. The highest BCUT2D eigenvalue weighted by Gasteiger charge is 2.21. The lowest BCUT2D eigenvalue weighted by atomic mass is 10.0. The molecule has 1 fully saturated rings. The third kappa shape index (κ3) is 4.52.